The third kappa shape index (κ3) is 1.88. The average molecular weight is 302 g/mol. The van der Waals surface area contributed by atoms with Gasteiger partial charge in [0.2, 0.25) is 0 Å². The molecule has 120 valence electrons. The molecular formula is C19H26O3. The summed E-state index contributed by atoms with van der Waals surface area (Å²) in [6.45, 7) is 2.34. The minimum Gasteiger partial charge on any atom is -0.508 e. The first-order valence-corrected chi connectivity index (χ1v) is 8.65. The minimum atomic E-state index is -0.357. The van der Waals surface area contributed by atoms with Crippen molar-refractivity contribution in [3.8, 4) is 5.75 Å². The number of phenols is 1. The molecule has 6 atom stereocenters. The molecule has 0 amide bonds. The monoisotopic (exact) mass is 302 g/mol. The molecule has 0 unspecified atom stereocenters. The van der Waals surface area contributed by atoms with Crippen LogP contribution in [0.2, 0.25) is 0 Å². The number of aryl methyl sites for hydroxylation is 1. The Morgan fingerprint density at radius 1 is 1.27 bits per heavy atom. The Hall–Kier alpha value is -1.06. The minimum absolute atomic E-state index is 0.0248. The molecule has 22 heavy (non-hydrogen) atoms. The van der Waals surface area contributed by atoms with Crippen molar-refractivity contribution in [1.29, 1.82) is 0 Å². The summed E-state index contributed by atoms with van der Waals surface area (Å²) in [5.74, 6) is 2.11. The Morgan fingerprint density at radius 3 is 2.86 bits per heavy atom. The van der Waals surface area contributed by atoms with Crippen molar-refractivity contribution >= 4 is 0 Å². The largest absolute Gasteiger partial charge is 0.508 e. The molecule has 0 saturated heterocycles. The van der Waals surface area contributed by atoms with Gasteiger partial charge in [-0.15, -0.1) is 0 Å². The summed E-state index contributed by atoms with van der Waals surface area (Å²) in [5, 5.41) is 30.0. The molecule has 3 heteroatoms. The molecule has 3 nitrogen and oxygen atoms in total. The highest BCUT2D eigenvalue weighted by molar-refractivity contribution is 5.40. The predicted octanol–water partition coefficient (Wildman–Crippen LogP) is 2.83. The standard InChI is InChI=1S/C19H26O3/c1-19-7-6-15-14-5-3-13(21)8-11(14)2-4-16(15)17(19)9-12(10-20)18(19)22/h3,5,8,12,15-18,20-22H,2,4,6-7,9-10H2,1H3/t12-,15+,16+,17-,18-,19-/m0/s1. The Balaban J connectivity index is 1.69. The maximum Gasteiger partial charge on any atom is 0.115 e. The van der Waals surface area contributed by atoms with Gasteiger partial charge < -0.3 is 15.3 Å². The van der Waals surface area contributed by atoms with E-state index in [9.17, 15) is 15.3 Å². The van der Waals surface area contributed by atoms with Crippen LogP contribution in [0.25, 0.3) is 0 Å². The van der Waals surface area contributed by atoms with Crippen LogP contribution in [0.3, 0.4) is 0 Å². The maximum absolute atomic E-state index is 10.7. The summed E-state index contributed by atoms with van der Waals surface area (Å²) in [5.41, 5.74) is 2.70. The third-order valence-corrected chi connectivity index (χ3v) is 7.06. The van der Waals surface area contributed by atoms with Crippen molar-refractivity contribution in [2.75, 3.05) is 6.61 Å². The number of aliphatic hydroxyl groups is 2. The van der Waals surface area contributed by atoms with Crippen LogP contribution in [0.5, 0.6) is 5.75 Å². The smallest absolute Gasteiger partial charge is 0.115 e. The van der Waals surface area contributed by atoms with Crippen molar-refractivity contribution in [1.82, 2.24) is 0 Å². The van der Waals surface area contributed by atoms with Crippen molar-refractivity contribution in [2.24, 2.45) is 23.2 Å². The Morgan fingerprint density at radius 2 is 2.09 bits per heavy atom. The number of benzene rings is 1. The van der Waals surface area contributed by atoms with Crippen molar-refractivity contribution in [3.05, 3.63) is 29.3 Å². The van der Waals surface area contributed by atoms with E-state index in [1.54, 1.807) is 0 Å². The lowest BCUT2D eigenvalue weighted by Gasteiger charge is -2.50. The van der Waals surface area contributed by atoms with Crippen molar-refractivity contribution in [2.45, 2.75) is 51.0 Å². The molecule has 0 heterocycles. The molecule has 0 aromatic heterocycles. The van der Waals surface area contributed by atoms with E-state index < -0.39 is 0 Å². The molecule has 0 spiro atoms. The van der Waals surface area contributed by atoms with Gasteiger partial charge in [0.05, 0.1) is 6.10 Å². The summed E-state index contributed by atoms with van der Waals surface area (Å²) >= 11 is 0. The summed E-state index contributed by atoms with van der Waals surface area (Å²) in [6, 6.07) is 5.85. The summed E-state index contributed by atoms with van der Waals surface area (Å²) in [6.07, 6.45) is 4.93. The average Bonchev–Trinajstić information content (AvgIpc) is 2.78. The fourth-order valence-electron chi connectivity index (χ4n) is 5.90. The second kappa shape index (κ2) is 4.97. The Kier molecular flexibility index (Phi) is 3.28. The van der Waals surface area contributed by atoms with E-state index >= 15 is 0 Å². The second-order valence-electron chi connectivity index (χ2n) is 7.97. The lowest BCUT2D eigenvalue weighted by Crippen LogP contribution is -2.44. The van der Waals surface area contributed by atoms with E-state index in [-0.39, 0.29) is 24.0 Å². The third-order valence-electron chi connectivity index (χ3n) is 7.06. The fourth-order valence-corrected chi connectivity index (χ4v) is 5.90. The maximum atomic E-state index is 10.7. The molecule has 3 N–H and O–H groups in total. The Labute approximate surface area is 132 Å². The van der Waals surface area contributed by atoms with Crippen LogP contribution in [0, 0.1) is 23.2 Å². The quantitative estimate of drug-likeness (QED) is 0.747. The zero-order chi connectivity index (χ0) is 15.5. The highest BCUT2D eigenvalue weighted by Gasteiger charge is 2.57. The van der Waals surface area contributed by atoms with Crippen LogP contribution < -0.4 is 0 Å². The number of rotatable bonds is 1. The zero-order valence-electron chi connectivity index (χ0n) is 13.2. The van der Waals surface area contributed by atoms with Gasteiger partial charge in [-0.05, 0) is 78.5 Å². The van der Waals surface area contributed by atoms with Crippen LogP contribution in [0.15, 0.2) is 18.2 Å². The highest BCUT2D eigenvalue weighted by Crippen LogP contribution is 2.62. The van der Waals surface area contributed by atoms with E-state index in [0.29, 0.717) is 23.5 Å². The molecule has 3 aliphatic rings. The molecule has 1 aromatic rings. The predicted molar refractivity (Wildman–Crippen MR) is 84.7 cm³/mol. The van der Waals surface area contributed by atoms with Gasteiger partial charge in [-0.2, -0.15) is 0 Å². The first-order valence-electron chi connectivity index (χ1n) is 8.65. The molecule has 2 fully saturated rings. The SMILES string of the molecule is C[C@]12CC[C@@H]3c4ccc(O)cc4CC[C@H]3[C@@H]1C[C@@H](CO)[C@@H]2O. The Bertz CT molecular complexity index is 584. The molecular weight excluding hydrogens is 276 g/mol. The van der Waals surface area contributed by atoms with E-state index in [1.807, 2.05) is 12.1 Å². The number of hydrogen-bond acceptors (Lipinski definition) is 3. The van der Waals surface area contributed by atoms with Gasteiger partial charge in [0.25, 0.3) is 0 Å². The van der Waals surface area contributed by atoms with Crippen molar-refractivity contribution in [3.63, 3.8) is 0 Å². The summed E-state index contributed by atoms with van der Waals surface area (Å²) < 4.78 is 0. The van der Waals surface area contributed by atoms with Gasteiger partial charge in [0.1, 0.15) is 5.75 Å². The van der Waals surface area contributed by atoms with E-state index in [0.717, 1.165) is 32.1 Å². The normalized spacial score (nSPS) is 43.3. The molecule has 2 saturated carbocycles. The van der Waals surface area contributed by atoms with Gasteiger partial charge in [-0.25, -0.2) is 0 Å². The lowest BCUT2D eigenvalue weighted by atomic mass is 9.55. The van der Waals surface area contributed by atoms with E-state index in [4.69, 9.17) is 0 Å². The highest BCUT2D eigenvalue weighted by atomic mass is 16.3. The van der Waals surface area contributed by atoms with Gasteiger partial charge >= 0.3 is 0 Å². The number of aromatic hydroxyl groups is 1. The van der Waals surface area contributed by atoms with Crippen LogP contribution in [0.1, 0.15) is 49.7 Å². The molecule has 0 bridgehead atoms. The second-order valence-corrected chi connectivity index (χ2v) is 7.97. The van der Waals surface area contributed by atoms with Crippen molar-refractivity contribution < 1.29 is 15.3 Å². The van der Waals surface area contributed by atoms with Crippen LogP contribution in [0.4, 0.5) is 0 Å². The number of phenolic OH excluding ortho intramolecular Hbond substituents is 1. The number of hydrogen-bond donors (Lipinski definition) is 3. The van der Waals surface area contributed by atoms with Crippen LogP contribution in [-0.4, -0.2) is 28.0 Å². The van der Waals surface area contributed by atoms with E-state index in [2.05, 4.69) is 13.0 Å². The van der Waals surface area contributed by atoms with Gasteiger partial charge in [0.15, 0.2) is 0 Å². The molecule has 1 aromatic carbocycles. The lowest BCUT2D eigenvalue weighted by molar-refractivity contribution is -0.0379. The first-order chi connectivity index (χ1) is 10.5. The fraction of sp³-hybridized carbons (Fsp3) is 0.684. The zero-order valence-corrected chi connectivity index (χ0v) is 13.2. The summed E-state index contributed by atoms with van der Waals surface area (Å²) in [7, 11) is 0. The van der Waals surface area contributed by atoms with Gasteiger partial charge in [-0.3, -0.25) is 0 Å². The van der Waals surface area contributed by atoms with Gasteiger partial charge in [0, 0.05) is 12.5 Å². The summed E-state index contributed by atoms with van der Waals surface area (Å²) in [4.78, 5) is 0. The topological polar surface area (TPSA) is 60.7 Å². The number of fused-ring (bicyclic) bond motifs is 5. The number of aliphatic hydroxyl groups excluding tert-OH is 2. The first kappa shape index (κ1) is 14.5. The molecule has 3 aliphatic carbocycles. The molecule has 0 aliphatic heterocycles. The molecule has 4 rings (SSSR count). The molecule has 0 radical (unpaired) electrons. The van der Waals surface area contributed by atoms with E-state index in [1.165, 1.54) is 11.1 Å². The van der Waals surface area contributed by atoms with Gasteiger partial charge in [-0.1, -0.05) is 13.0 Å². The van der Waals surface area contributed by atoms with Crippen LogP contribution in [-0.2, 0) is 6.42 Å². The van der Waals surface area contributed by atoms with Crippen LogP contribution >= 0.6 is 0 Å².